The van der Waals surface area contributed by atoms with Crippen LogP contribution in [0.15, 0.2) is 24.3 Å². The maximum absolute atomic E-state index is 11.5. The maximum Gasteiger partial charge on any atom is 0.330 e. The lowest BCUT2D eigenvalue weighted by molar-refractivity contribution is -0.144. The zero-order valence-electron chi connectivity index (χ0n) is 10.0. The molecule has 88 valence electrons. The van der Waals surface area contributed by atoms with Crippen molar-refractivity contribution >= 4 is 11.7 Å². The van der Waals surface area contributed by atoms with Crippen molar-refractivity contribution in [3.63, 3.8) is 0 Å². The highest BCUT2D eigenvalue weighted by atomic mass is 16.5. The monoisotopic (exact) mass is 223 g/mol. The zero-order chi connectivity index (χ0) is 12.2. The maximum atomic E-state index is 11.5. The third kappa shape index (κ3) is 2.89. The Bertz CT molecular complexity index is 374. The smallest absolute Gasteiger partial charge is 0.330 e. The molecule has 0 heterocycles. The fourth-order valence-electron chi connectivity index (χ4n) is 1.37. The molecule has 16 heavy (non-hydrogen) atoms. The molecule has 4 heteroatoms. The van der Waals surface area contributed by atoms with Gasteiger partial charge in [0.25, 0.3) is 0 Å². The van der Waals surface area contributed by atoms with Gasteiger partial charge in [-0.3, -0.25) is 0 Å². The van der Waals surface area contributed by atoms with Crippen LogP contribution in [0.3, 0.4) is 0 Å². The first-order valence-corrected chi connectivity index (χ1v) is 5.00. The Morgan fingerprint density at radius 2 is 2.00 bits per heavy atom. The SMILES string of the molecule is COC(=O)C(C)(C)Nc1cccc(OC)c1. The fourth-order valence-corrected chi connectivity index (χ4v) is 1.37. The molecule has 0 spiro atoms. The van der Waals surface area contributed by atoms with Gasteiger partial charge in [-0.2, -0.15) is 0 Å². The Balaban J connectivity index is 2.83. The first kappa shape index (κ1) is 12.4. The van der Waals surface area contributed by atoms with Gasteiger partial charge < -0.3 is 14.8 Å². The third-order valence-electron chi connectivity index (χ3n) is 2.22. The lowest BCUT2D eigenvalue weighted by Gasteiger charge is -2.24. The van der Waals surface area contributed by atoms with Gasteiger partial charge in [0.1, 0.15) is 11.3 Å². The molecule has 1 rings (SSSR count). The van der Waals surface area contributed by atoms with Gasteiger partial charge in [-0.05, 0) is 26.0 Å². The van der Waals surface area contributed by atoms with Crippen LogP contribution in [-0.2, 0) is 9.53 Å². The number of hydrogen-bond acceptors (Lipinski definition) is 4. The molecule has 0 bridgehead atoms. The van der Waals surface area contributed by atoms with Crippen molar-refractivity contribution in [2.75, 3.05) is 19.5 Å². The van der Waals surface area contributed by atoms with Gasteiger partial charge in [0.2, 0.25) is 0 Å². The summed E-state index contributed by atoms with van der Waals surface area (Å²) in [5.41, 5.74) is 0.0518. The Labute approximate surface area is 95.6 Å². The topological polar surface area (TPSA) is 47.6 Å². The zero-order valence-corrected chi connectivity index (χ0v) is 10.0. The molecule has 0 amide bonds. The number of carbonyl (C=O) groups excluding carboxylic acids is 1. The summed E-state index contributed by atoms with van der Waals surface area (Å²) in [5.74, 6) is 0.431. The van der Waals surface area contributed by atoms with E-state index in [1.165, 1.54) is 7.11 Å². The van der Waals surface area contributed by atoms with Gasteiger partial charge in [-0.15, -0.1) is 0 Å². The van der Waals surface area contributed by atoms with Gasteiger partial charge in [-0.25, -0.2) is 4.79 Å². The summed E-state index contributed by atoms with van der Waals surface area (Å²) in [6.45, 7) is 3.52. The van der Waals surface area contributed by atoms with E-state index < -0.39 is 5.54 Å². The molecule has 0 saturated carbocycles. The van der Waals surface area contributed by atoms with Crippen LogP contribution in [0.1, 0.15) is 13.8 Å². The molecule has 4 nitrogen and oxygen atoms in total. The summed E-state index contributed by atoms with van der Waals surface area (Å²) in [6.07, 6.45) is 0. The number of carbonyl (C=O) groups is 1. The number of ether oxygens (including phenoxy) is 2. The van der Waals surface area contributed by atoms with Crippen molar-refractivity contribution < 1.29 is 14.3 Å². The number of nitrogens with one attached hydrogen (secondary N) is 1. The Kier molecular flexibility index (Phi) is 3.77. The second-order valence-electron chi connectivity index (χ2n) is 3.97. The van der Waals surface area contributed by atoms with Gasteiger partial charge in [0, 0.05) is 11.8 Å². The van der Waals surface area contributed by atoms with Crippen molar-refractivity contribution in [3.8, 4) is 5.75 Å². The summed E-state index contributed by atoms with van der Waals surface area (Å²) in [6, 6.07) is 7.39. The van der Waals surface area contributed by atoms with Crippen LogP contribution in [0.5, 0.6) is 5.75 Å². The third-order valence-corrected chi connectivity index (χ3v) is 2.22. The van der Waals surface area contributed by atoms with Crippen molar-refractivity contribution in [1.29, 1.82) is 0 Å². The van der Waals surface area contributed by atoms with Crippen molar-refractivity contribution in [2.24, 2.45) is 0 Å². The number of esters is 1. The molecule has 0 aliphatic rings. The standard InChI is InChI=1S/C12H17NO3/c1-12(2,11(14)16-4)13-9-6-5-7-10(8-9)15-3/h5-8,13H,1-4H3. The van der Waals surface area contributed by atoms with Gasteiger partial charge in [0.05, 0.1) is 14.2 Å². The molecule has 0 aliphatic carbocycles. The summed E-state index contributed by atoms with van der Waals surface area (Å²) in [7, 11) is 2.97. The molecule has 0 aromatic heterocycles. The Morgan fingerprint density at radius 3 is 2.56 bits per heavy atom. The van der Waals surface area contributed by atoms with E-state index in [4.69, 9.17) is 9.47 Å². The number of methoxy groups -OCH3 is 2. The van der Waals surface area contributed by atoms with Gasteiger partial charge in [-0.1, -0.05) is 6.07 Å². The highest BCUT2D eigenvalue weighted by Gasteiger charge is 2.28. The Hall–Kier alpha value is -1.71. The predicted octanol–water partition coefficient (Wildman–Crippen LogP) is 2.06. The van der Waals surface area contributed by atoms with Crippen molar-refractivity contribution in [1.82, 2.24) is 0 Å². The van der Waals surface area contributed by atoms with Crippen LogP contribution in [0, 0.1) is 0 Å². The summed E-state index contributed by atoms with van der Waals surface area (Å²) >= 11 is 0. The second-order valence-corrected chi connectivity index (χ2v) is 3.97. The molecule has 0 aliphatic heterocycles. The second kappa shape index (κ2) is 4.88. The van der Waals surface area contributed by atoms with E-state index in [2.05, 4.69) is 5.32 Å². The van der Waals surface area contributed by atoms with Crippen LogP contribution in [0.4, 0.5) is 5.69 Å². The lowest BCUT2D eigenvalue weighted by atomic mass is 10.1. The quantitative estimate of drug-likeness (QED) is 0.794. The molecule has 1 N–H and O–H groups in total. The number of benzene rings is 1. The summed E-state index contributed by atoms with van der Waals surface area (Å²) in [5, 5.41) is 3.09. The first-order valence-electron chi connectivity index (χ1n) is 5.00. The van der Waals surface area contributed by atoms with Crippen LogP contribution in [-0.4, -0.2) is 25.7 Å². The number of hydrogen-bond donors (Lipinski definition) is 1. The Morgan fingerprint density at radius 1 is 1.31 bits per heavy atom. The van der Waals surface area contributed by atoms with Crippen LogP contribution in [0.25, 0.3) is 0 Å². The highest BCUT2D eigenvalue weighted by molar-refractivity contribution is 5.83. The molecular formula is C12H17NO3. The van der Waals surface area contributed by atoms with Crippen LogP contribution in [0.2, 0.25) is 0 Å². The average Bonchev–Trinajstić information content (AvgIpc) is 2.27. The van der Waals surface area contributed by atoms with E-state index >= 15 is 0 Å². The van der Waals surface area contributed by atoms with E-state index in [0.717, 1.165) is 11.4 Å². The largest absolute Gasteiger partial charge is 0.497 e. The molecule has 0 unspecified atom stereocenters. The minimum atomic E-state index is -0.763. The molecule has 0 saturated heterocycles. The van der Waals surface area contributed by atoms with Crippen LogP contribution < -0.4 is 10.1 Å². The average molecular weight is 223 g/mol. The van der Waals surface area contributed by atoms with E-state index in [1.54, 1.807) is 21.0 Å². The minimum absolute atomic E-state index is 0.310. The highest BCUT2D eigenvalue weighted by Crippen LogP contribution is 2.21. The van der Waals surface area contributed by atoms with Gasteiger partial charge >= 0.3 is 5.97 Å². The van der Waals surface area contributed by atoms with E-state index in [-0.39, 0.29) is 5.97 Å². The predicted molar refractivity (Wildman–Crippen MR) is 62.7 cm³/mol. The summed E-state index contributed by atoms with van der Waals surface area (Å²) < 4.78 is 9.81. The summed E-state index contributed by atoms with van der Waals surface area (Å²) in [4.78, 5) is 11.5. The molecular weight excluding hydrogens is 206 g/mol. The van der Waals surface area contributed by atoms with E-state index in [1.807, 2.05) is 24.3 Å². The van der Waals surface area contributed by atoms with E-state index in [9.17, 15) is 4.79 Å². The first-order chi connectivity index (χ1) is 7.49. The molecule has 0 fully saturated rings. The fraction of sp³-hybridized carbons (Fsp3) is 0.417. The van der Waals surface area contributed by atoms with Crippen LogP contribution >= 0.6 is 0 Å². The minimum Gasteiger partial charge on any atom is -0.497 e. The number of anilines is 1. The van der Waals surface area contributed by atoms with Crippen molar-refractivity contribution in [3.05, 3.63) is 24.3 Å². The lowest BCUT2D eigenvalue weighted by Crippen LogP contribution is -2.41. The van der Waals surface area contributed by atoms with E-state index in [0.29, 0.717) is 0 Å². The molecule has 0 radical (unpaired) electrons. The molecule has 1 aromatic rings. The normalized spacial score (nSPS) is 10.8. The van der Waals surface area contributed by atoms with Gasteiger partial charge in [0.15, 0.2) is 0 Å². The molecule has 0 atom stereocenters. The molecule has 1 aromatic carbocycles. The number of rotatable bonds is 4. The van der Waals surface area contributed by atoms with Crippen molar-refractivity contribution in [2.45, 2.75) is 19.4 Å².